The normalized spacial score (nSPS) is 32.6. The molecule has 1 aliphatic rings. The number of rotatable bonds is 6. The molecule has 3 unspecified atom stereocenters. The van der Waals surface area contributed by atoms with Crippen LogP contribution in [0.1, 0.15) is 46.0 Å². The van der Waals surface area contributed by atoms with E-state index in [-0.39, 0.29) is 11.5 Å². The second-order valence-corrected chi connectivity index (χ2v) is 6.66. The van der Waals surface area contributed by atoms with Gasteiger partial charge in [-0.05, 0) is 36.7 Å². The zero-order valence-electron chi connectivity index (χ0n) is 10.7. The SMILES string of the molecule is CCSCCC(O)C1(CN)CCCC(C)C1. The highest BCUT2D eigenvalue weighted by Gasteiger charge is 2.39. The van der Waals surface area contributed by atoms with Crippen molar-refractivity contribution in [3.63, 3.8) is 0 Å². The lowest BCUT2D eigenvalue weighted by molar-refractivity contribution is -0.0123. The third-order valence-corrected chi connectivity index (χ3v) is 4.91. The molecule has 0 heterocycles. The fourth-order valence-electron chi connectivity index (χ4n) is 2.97. The highest BCUT2D eigenvalue weighted by Crippen LogP contribution is 2.42. The maximum absolute atomic E-state index is 10.4. The van der Waals surface area contributed by atoms with Gasteiger partial charge in [0.15, 0.2) is 0 Å². The Morgan fingerprint density at radius 1 is 1.56 bits per heavy atom. The molecule has 3 atom stereocenters. The summed E-state index contributed by atoms with van der Waals surface area (Å²) < 4.78 is 0. The largest absolute Gasteiger partial charge is 0.392 e. The molecule has 96 valence electrons. The molecule has 2 nitrogen and oxygen atoms in total. The van der Waals surface area contributed by atoms with Gasteiger partial charge in [-0.1, -0.05) is 26.7 Å². The highest BCUT2D eigenvalue weighted by molar-refractivity contribution is 7.99. The van der Waals surface area contributed by atoms with Crippen molar-refractivity contribution in [1.82, 2.24) is 0 Å². The average molecular weight is 245 g/mol. The quantitative estimate of drug-likeness (QED) is 0.707. The van der Waals surface area contributed by atoms with E-state index in [0.717, 1.165) is 36.7 Å². The minimum atomic E-state index is -0.195. The maximum Gasteiger partial charge on any atom is 0.0616 e. The highest BCUT2D eigenvalue weighted by atomic mass is 32.2. The van der Waals surface area contributed by atoms with Crippen molar-refractivity contribution in [3.05, 3.63) is 0 Å². The Morgan fingerprint density at radius 2 is 2.31 bits per heavy atom. The Hall–Kier alpha value is 0.270. The molecule has 1 rings (SSSR count). The zero-order chi connectivity index (χ0) is 12.0. The van der Waals surface area contributed by atoms with E-state index in [4.69, 9.17) is 5.73 Å². The third-order valence-electron chi connectivity index (χ3n) is 3.98. The van der Waals surface area contributed by atoms with Gasteiger partial charge in [0, 0.05) is 12.0 Å². The van der Waals surface area contributed by atoms with Crippen molar-refractivity contribution in [2.75, 3.05) is 18.1 Å². The summed E-state index contributed by atoms with van der Waals surface area (Å²) in [5.74, 6) is 2.93. The van der Waals surface area contributed by atoms with Crippen LogP contribution in [0.4, 0.5) is 0 Å². The second-order valence-electron chi connectivity index (χ2n) is 5.27. The first kappa shape index (κ1) is 14.3. The fourth-order valence-corrected chi connectivity index (χ4v) is 3.65. The van der Waals surface area contributed by atoms with Crippen molar-refractivity contribution < 1.29 is 5.11 Å². The van der Waals surface area contributed by atoms with Gasteiger partial charge in [0.25, 0.3) is 0 Å². The molecule has 1 aliphatic carbocycles. The Bertz CT molecular complexity index is 200. The van der Waals surface area contributed by atoms with Crippen molar-refractivity contribution in [2.45, 2.75) is 52.1 Å². The van der Waals surface area contributed by atoms with Crippen molar-refractivity contribution >= 4 is 11.8 Å². The summed E-state index contributed by atoms with van der Waals surface area (Å²) in [6, 6.07) is 0. The first-order chi connectivity index (χ1) is 7.64. The Labute approximate surface area is 104 Å². The molecule has 0 spiro atoms. The molecule has 3 heteroatoms. The van der Waals surface area contributed by atoms with E-state index in [1.165, 1.54) is 12.8 Å². The summed E-state index contributed by atoms with van der Waals surface area (Å²) in [7, 11) is 0. The molecule has 0 aliphatic heterocycles. The number of thioether (sulfide) groups is 1. The maximum atomic E-state index is 10.4. The first-order valence-electron chi connectivity index (χ1n) is 6.60. The van der Waals surface area contributed by atoms with Crippen LogP contribution < -0.4 is 5.73 Å². The van der Waals surface area contributed by atoms with Gasteiger partial charge in [-0.2, -0.15) is 11.8 Å². The minimum Gasteiger partial charge on any atom is -0.392 e. The smallest absolute Gasteiger partial charge is 0.0616 e. The van der Waals surface area contributed by atoms with Gasteiger partial charge in [0.1, 0.15) is 0 Å². The molecule has 0 saturated heterocycles. The summed E-state index contributed by atoms with van der Waals surface area (Å²) >= 11 is 1.91. The molecule has 1 fully saturated rings. The summed E-state index contributed by atoms with van der Waals surface area (Å²) in [6.07, 6.45) is 5.48. The van der Waals surface area contributed by atoms with Crippen LogP contribution in [0.2, 0.25) is 0 Å². The lowest BCUT2D eigenvalue weighted by Crippen LogP contribution is -2.45. The van der Waals surface area contributed by atoms with E-state index in [0.29, 0.717) is 6.54 Å². The second kappa shape index (κ2) is 6.87. The van der Waals surface area contributed by atoms with Crippen molar-refractivity contribution in [3.8, 4) is 0 Å². The lowest BCUT2D eigenvalue weighted by atomic mass is 9.66. The predicted molar refractivity (Wildman–Crippen MR) is 72.7 cm³/mol. The van der Waals surface area contributed by atoms with Crippen LogP contribution in [0.25, 0.3) is 0 Å². The van der Waals surface area contributed by atoms with Crippen LogP contribution in [0, 0.1) is 11.3 Å². The molecular weight excluding hydrogens is 218 g/mol. The predicted octanol–water partition coefficient (Wildman–Crippen LogP) is 2.65. The van der Waals surface area contributed by atoms with Crippen LogP contribution in [-0.4, -0.2) is 29.3 Å². The van der Waals surface area contributed by atoms with Crippen molar-refractivity contribution in [2.24, 2.45) is 17.1 Å². The summed E-state index contributed by atoms with van der Waals surface area (Å²) in [6.45, 7) is 5.10. The van der Waals surface area contributed by atoms with E-state index in [1.54, 1.807) is 0 Å². The first-order valence-corrected chi connectivity index (χ1v) is 7.76. The van der Waals surface area contributed by atoms with Gasteiger partial charge in [0.05, 0.1) is 6.10 Å². The molecule has 3 N–H and O–H groups in total. The van der Waals surface area contributed by atoms with Gasteiger partial charge in [-0.3, -0.25) is 0 Å². The standard InChI is InChI=1S/C13H27NOS/c1-3-16-8-6-12(15)13(10-14)7-4-5-11(2)9-13/h11-12,15H,3-10,14H2,1-2H3. The van der Waals surface area contributed by atoms with E-state index >= 15 is 0 Å². The van der Waals surface area contributed by atoms with Gasteiger partial charge in [0.2, 0.25) is 0 Å². The summed E-state index contributed by atoms with van der Waals surface area (Å²) in [4.78, 5) is 0. The summed E-state index contributed by atoms with van der Waals surface area (Å²) in [5.41, 5.74) is 5.96. The summed E-state index contributed by atoms with van der Waals surface area (Å²) in [5, 5.41) is 10.4. The van der Waals surface area contributed by atoms with Gasteiger partial charge < -0.3 is 10.8 Å². The van der Waals surface area contributed by atoms with Gasteiger partial charge in [-0.25, -0.2) is 0 Å². The molecule has 0 aromatic rings. The zero-order valence-corrected chi connectivity index (χ0v) is 11.6. The fraction of sp³-hybridized carbons (Fsp3) is 1.00. The Morgan fingerprint density at radius 3 is 2.88 bits per heavy atom. The van der Waals surface area contributed by atoms with Gasteiger partial charge >= 0.3 is 0 Å². The number of hydrogen-bond donors (Lipinski definition) is 2. The molecule has 0 radical (unpaired) electrons. The van der Waals surface area contributed by atoms with Crippen LogP contribution >= 0.6 is 11.8 Å². The van der Waals surface area contributed by atoms with E-state index < -0.39 is 0 Å². The van der Waals surface area contributed by atoms with E-state index in [9.17, 15) is 5.11 Å². The Kier molecular flexibility index (Phi) is 6.16. The molecule has 16 heavy (non-hydrogen) atoms. The average Bonchev–Trinajstić information content (AvgIpc) is 2.29. The number of nitrogens with two attached hydrogens (primary N) is 1. The van der Waals surface area contributed by atoms with E-state index in [2.05, 4.69) is 13.8 Å². The number of hydrogen-bond acceptors (Lipinski definition) is 3. The molecule has 1 saturated carbocycles. The monoisotopic (exact) mass is 245 g/mol. The Balaban J connectivity index is 2.49. The van der Waals surface area contributed by atoms with Crippen LogP contribution in [-0.2, 0) is 0 Å². The van der Waals surface area contributed by atoms with E-state index in [1.807, 2.05) is 11.8 Å². The topological polar surface area (TPSA) is 46.2 Å². The molecule has 0 aromatic carbocycles. The molecular formula is C13H27NOS. The van der Waals surface area contributed by atoms with Crippen LogP contribution in [0.3, 0.4) is 0 Å². The third kappa shape index (κ3) is 3.64. The minimum absolute atomic E-state index is 0.0198. The van der Waals surface area contributed by atoms with Gasteiger partial charge in [-0.15, -0.1) is 0 Å². The molecule has 0 amide bonds. The van der Waals surface area contributed by atoms with Crippen LogP contribution in [0.5, 0.6) is 0 Å². The lowest BCUT2D eigenvalue weighted by Gasteiger charge is -2.43. The van der Waals surface area contributed by atoms with Crippen LogP contribution in [0.15, 0.2) is 0 Å². The number of aliphatic hydroxyl groups is 1. The molecule has 0 bridgehead atoms. The molecule has 0 aromatic heterocycles. The number of aliphatic hydroxyl groups excluding tert-OH is 1. The van der Waals surface area contributed by atoms with Crippen molar-refractivity contribution in [1.29, 1.82) is 0 Å².